The van der Waals surface area contributed by atoms with E-state index in [1.54, 1.807) is 0 Å². The van der Waals surface area contributed by atoms with E-state index >= 15 is 0 Å². The molecule has 0 aromatic carbocycles. The van der Waals surface area contributed by atoms with E-state index in [-0.39, 0.29) is 0 Å². The number of alkyl halides is 3. The average Bonchev–Trinajstić information content (AvgIpc) is 1.82. The van der Waals surface area contributed by atoms with Gasteiger partial charge >= 0.3 is 0 Å². The second kappa shape index (κ2) is 4.17. The van der Waals surface area contributed by atoms with Crippen molar-refractivity contribution >= 4 is 5.71 Å². The fourth-order valence-electron chi connectivity index (χ4n) is 0.240. The molecule has 5 heteroatoms. The molecule has 0 unspecified atom stereocenters. The molecule has 0 saturated heterocycles. The number of halogens is 3. The topological polar surface area (TPSA) is 21.6 Å². The van der Waals surface area contributed by atoms with E-state index in [1.807, 2.05) is 0 Å². The van der Waals surface area contributed by atoms with Crippen molar-refractivity contribution in [3.05, 3.63) is 0 Å². The molecule has 0 aliphatic rings. The minimum atomic E-state index is -2.87. The Labute approximate surface area is 50.3 Å². The van der Waals surface area contributed by atoms with Gasteiger partial charge in [0.2, 0.25) is 0 Å². The summed E-state index contributed by atoms with van der Waals surface area (Å²) in [5.41, 5.74) is -0.877. The highest BCUT2D eigenvalue weighted by Gasteiger charge is 2.12. The molecule has 0 bridgehead atoms. The molecule has 0 amide bonds. The molecule has 0 N–H and O–H groups in total. The zero-order valence-corrected chi connectivity index (χ0v) is 4.77. The summed E-state index contributed by atoms with van der Waals surface area (Å²) in [6.07, 6.45) is -2.87. The smallest absolute Gasteiger partial charge is 0.282 e. The lowest BCUT2D eigenvalue weighted by molar-refractivity contribution is 0.181. The van der Waals surface area contributed by atoms with E-state index in [4.69, 9.17) is 0 Å². The van der Waals surface area contributed by atoms with E-state index in [9.17, 15) is 13.2 Å². The molecule has 0 radical (unpaired) electrons. The van der Waals surface area contributed by atoms with Crippen LogP contribution in [-0.2, 0) is 4.84 Å². The molecular formula is C4H6F3NO. The molecule has 0 spiro atoms. The molecular weight excluding hydrogens is 135 g/mol. The summed E-state index contributed by atoms with van der Waals surface area (Å²) in [5.74, 6) is 0. The first kappa shape index (κ1) is 8.26. The molecule has 0 aliphatic heterocycles. The third kappa shape index (κ3) is 2.94. The lowest BCUT2D eigenvalue weighted by Gasteiger charge is -1.95. The first-order chi connectivity index (χ1) is 4.22. The first-order valence-electron chi connectivity index (χ1n) is 2.16. The van der Waals surface area contributed by atoms with Crippen molar-refractivity contribution in [3.63, 3.8) is 0 Å². The minimum absolute atomic E-state index is 0.877. The van der Waals surface area contributed by atoms with Crippen molar-refractivity contribution in [3.8, 4) is 0 Å². The van der Waals surface area contributed by atoms with Gasteiger partial charge in [-0.2, -0.15) is 0 Å². The zero-order valence-electron chi connectivity index (χ0n) is 4.77. The van der Waals surface area contributed by atoms with E-state index < -0.39 is 18.8 Å². The fourth-order valence-corrected chi connectivity index (χ4v) is 0.240. The Morgan fingerprint density at radius 1 is 1.67 bits per heavy atom. The second-order valence-electron chi connectivity index (χ2n) is 1.20. The Morgan fingerprint density at radius 3 is 2.33 bits per heavy atom. The van der Waals surface area contributed by atoms with Crippen LogP contribution in [0.5, 0.6) is 0 Å². The van der Waals surface area contributed by atoms with Crippen LogP contribution in [0.2, 0.25) is 0 Å². The van der Waals surface area contributed by atoms with Gasteiger partial charge in [0.1, 0.15) is 13.8 Å². The van der Waals surface area contributed by atoms with Crippen LogP contribution in [0.4, 0.5) is 13.2 Å². The van der Waals surface area contributed by atoms with E-state index in [2.05, 4.69) is 9.99 Å². The number of hydrogen-bond donors (Lipinski definition) is 0. The Kier molecular flexibility index (Phi) is 3.83. The van der Waals surface area contributed by atoms with Crippen LogP contribution in [0.1, 0.15) is 0 Å². The minimum Gasteiger partial charge on any atom is -0.399 e. The first-order valence-corrected chi connectivity index (χ1v) is 2.16. The molecule has 0 aliphatic carbocycles. The van der Waals surface area contributed by atoms with Gasteiger partial charge in [0.05, 0.1) is 0 Å². The highest BCUT2D eigenvalue weighted by Crippen LogP contribution is 1.97. The van der Waals surface area contributed by atoms with E-state index in [1.165, 1.54) is 0 Å². The number of oxime groups is 1. The van der Waals surface area contributed by atoms with Gasteiger partial charge in [-0.05, 0) is 0 Å². The largest absolute Gasteiger partial charge is 0.399 e. The summed E-state index contributed by atoms with van der Waals surface area (Å²) < 4.78 is 34.3. The van der Waals surface area contributed by atoms with Crippen molar-refractivity contribution < 1.29 is 18.0 Å². The highest BCUT2D eigenvalue weighted by atomic mass is 19.3. The second-order valence-corrected chi connectivity index (χ2v) is 1.20. The van der Waals surface area contributed by atoms with Gasteiger partial charge in [-0.25, -0.2) is 13.2 Å². The third-order valence-corrected chi connectivity index (χ3v) is 0.597. The van der Waals surface area contributed by atoms with Crippen LogP contribution in [0, 0.1) is 0 Å². The highest BCUT2D eigenvalue weighted by molar-refractivity contribution is 5.87. The summed E-state index contributed by atoms with van der Waals surface area (Å²) >= 11 is 0. The quantitative estimate of drug-likeness (QED) is 0.427. The Morgan fingerprint density at radius 2 is 2.22 bits per heavy atom. The van der Waals surface area contributed by atoms with Gasteiger partial charge in [-0.1, -0.05) is 5.16 Å². The summed E-state index contributed by atoms with van der Waals surface area (Å²) in [4.78, 5) is 3.92. The molecule has 0 saturated carbocycles. The van der Waals surface area contributed by atoms with E-state index in [0.29, 0.717) is 0 Å². The third-order valence-electron chi connectivity index (χ3n) is 0.597. The van der Waals surface area contributed by atoms with Crippen molar-refractivity contribution in [2.24, 2.45) is 5.16 Å². The van der Waals surface area contributed by atoms with Gasteiger partial charge in [0, 0.05) is 0 Å². The Balaban J connectivity index is 3.81. The Hall–Kier alpha value is -0.740. The van der Waals surface area contributed by atoms with Crippen molar-refractivity contribution in [2.45, 2.75) is 6.43 Å². The standard InChI is InChI=1S/C4H6F3NO/c1-9-8-3(2-5)4(6)7/h4H,2H2,1H3. The molecule has 2 nitrogen and oxygen atoms in total. The van der Waals surface area contributed by atoms with Gasteiger partial charge in [-0.3, -0.25) is 0 Å². The molecule has 54 valence electrons. The monoisotopic (exact) mass is 141 g/mol. The summed E-state index contributed by atoms with van der Waals surface area (Å²) in [5, 5.41) is 2.73. The van der Waals surface area contributed by atoms with Gasteiger partial charge < -0.3 is 4.84 Å². The summed E-state index contributed by atoms with van der Waals surface area (Å²) in [6.45, 7) is -1.27. The molecule has 0 fully saturated rings. The van der Waals surface area contributed by atoms with Crippen LogP contribution in [0.25, 0.3) is 0 Å². The molecule has 0 rings (SSSR count). The zero-order chi connectivity index (χ0) is 7.28. The maximum atomic E-state index is 11.4. The average molecular weight is 141 g/mol. The Bertz CT molecular complexity index is 104. The van der Waals surface area contributed by atoms with Crippen LogP contribution in [0.15, 0.2) is 5.16 Å². The SMILES string of the molecule is CON=C(CF)C(F)F. The summed E-state index contributed by atoms with van der Waals surface area (Å²) in [7, 11) is 1.08. The molecule has 0 aromatic heterocycles. The van der Waals surface area contributed by atoms with Crippen LogP contribution in [-0.4, -0.2) is 25.9 Å². The molecule has 0 heterocycles. The molecule has 0 atom stereocenters. The van der Waals surface area contributed by atoms with Gasteiger partial charge in [-0.15, -0.1) is 0 Å². The number of nitrogens with zero attached hydrogens (tertiary/aromatic N) is 1. The predicted octanol–water partition coefficient (Wildman–Crippen LogP) is 1.22. The van der Waals surface area contributed by atoms with Crippen molar-refractivity contribution in [1.82, 2.24) is 0 Å². The number of rotatable bonds is 3. The van der Waals surface area contributed by atoms with E-state index in [0.717, 1.165) is 7.11 Å². The lowest BCUT2D eigenvalue weighted by atomic mass is 10.4. The maximum absolute atomic E-state index is 11.4. The van der Waals surface area contributed by atoms with Crippen molar-refractivity contribution in [2.75, 3.05) is 13.8 Å². The van der Waals surface area contributed by atoms with Crippen molar-refractivity contribution in [1.29, 1.82) is 0 Å². The van der Waals surface area contributed by atoms with Crippen LogP contribution in [0.3, 0.4) is 0 Å². The fraction of sp³-hybridized carbons (Fsp3) is 0.750. The van der Waals surface area contributed by atoms with Crippen LogP contribution >= 0.6 is 0 Å². The molecule has 0 aromatic rings. The number of hydrogen-bond acceptors (Lipinski definition) is 2. The predicted molar refractivity (Wildman–Crippen MR) is 26.4 cm³/mol. The van der Waals surface area contributed by atoms with Gasteiger partial charge in [0.25, 0.3) is 6.43 Å². The van der Waals surface area contributed by atoms with Crippen LogP contribution < -0.4 is 0 Å². The summed E-state index contributed by atoms with van der Waals surface area (Å²) in [6, 6.07) is 0. The normalized spacial score (nSPS) is 12.3. The van der Waals surface area contributed by atoms with Gasteiger partial charge in [0.15, 0.2) is 5.71 Å². The lowest BCUT2D eigenvalue weighted by Crippen LogP contribution is -2.12. The maximum Gasteiger partial charge on any atom is 0.282 e. The molecule has 9 heavy (non-hydrogen) atoms.